The second kappa shape index (κ2) is 42.3. The molecule has 100 heavy (non-hydrogen) atoms. The zero-order valence-electron chi connectivity index (χ0n) is 58.4. The van der Waals surface area contributed by atoms with Crippen LogP contribution in [0.3, 0.4) is 0 Å². The van der Waals surface area contributed by atoms with E-state index in [1.165, 1.54) is 24.3 Å². The largest absolute Gasteiger partial charge is 0.481 e. The van der Waals surface area contributed by atoms with E-state index in [0.29, 0.717) is 22.7 Å². The molecule has 554 valence electrons. The Morgan fingerprint density at radius 1 is 0.660 bits per heavy atom. The van der Waals surface area contributed by atoms with Crippen molar-refractivity contribution in [2.75, 3.05) is 18.8 Å². The molecule has 0 radical (unpaired) electrons. The van der Waals surface area contributed by atoms with E-state index in [9.17, 15) is 77.3 Å². The Labute approximate surface area is 586 Å². The molecule has 3 unspecified atom stereocenters. The van der Waals surface area contributed by atoms with Gasteiger partial charge in [0.2, 0.25) is 65.0 Å². The second-order valence-electron chi connectivity index (χ2n) is 26.3. The zero-order chi connectivity index (χ0) is 74.3. The molecule has 11 amide bonds. The van der Waals surface area contributed by atoms with Gasteiger partial charge in [0.15, 0.2) is 5.78 Å². The van der Waals surface area contributed by atoms with Crippen molar-refractivity contribution in [1.82, 2.24) is 63.1 Å². The third-order valence-corrected chi connectivity index (χ3v) is 18.9. The Morgan fingerprint density at radius 3 is 1.85 bits per heavy atom. The number of aromatic amines is 1. The van der Waals surface area contributed by atoms with E-state index >= 15 is 0 Å². The number of carbonyl (C=O) groups is 14. The number of hydrogen-bond acceptors (Lipinski definition) is 19. The van der Waals surface area contributed by atoms with E-state index in [0.717, 1.165) is 6.42 Å². The summed E-state index contributed by atoms with van der Waals surface area (Å²) in [5, 5.41) is 46.6. The van der Waals surface area contributed by atoms with Gasteiger partial charge in [0, 0.05) is 55.8 Å². The highest BCUT2D eigenvalue weighted by Crippen LogP contribution is 2.25. The highest BCUT2D eigenvalue weighted by atomic mass is 32.2. The molecule has 1 fully saturated rings. The summed E-state index contributed by atoms with van der Waals surface area (Å²) in [5.74, 6) is -16.1. The van der Waals surface area contributed by atoms with Crippen LogP contribution in [0.2, 0.25) is 0 Å². The molecule has 4 rings (SSSR count). The first-order valence-corrected chi connectivity index (χ1v) is 35.3. The number of aliphatic imine (C=N–C) groups is 1. The van der Waals surface area contributed by atoms with Gasteiger partial charge in [-0.05, 0) is 74.3 Å². The molecule has 0 bridgehead atoms. The Morgan fingerprint density at radius 2 is 1.26 bits per heavy atom. The number of Topliss-reactive ketones (excluding diaryl/α,β-unsaturated/α-hetero) is 1. The molecule has 0 aliphatic carbocycles. The molecule has 33 heteroatoms. The number of carbonyl (C=O) groups excluding carboxylic acids is 12. The number of primary amides is 1. The standard InChI is InChI=1S/C67H104N16O16S/c1-9-36(6)54(70)67-81-49(33-100-67)65(98)76-44(26-35(4)5)61(94)75-43(22-23-52(86)87)60(93)82-55(37(7)10-2)50(84)28-40-20-15-16-25-72-58(91)47(30-51(69)85)78-64(97)48(31-53(88)89)79-63(96)46(29-41-32-71-34-73-41)77-62(95)45(27-39-18-13-12-14-19-39)80-66(99)56(38(8)11-3)83-59(92)42(21-17-24-68)74-57(40)90/h12-14,18-19,32,34-38,40,42-49,54-56H,9-11,15-17,20-31,33,68,70H2,1-8H3,(H2,69,85)(H,71,73)(H,72,91)(H,74,90)(H,75,94)(H,76,98)(H,77,95)(H,78,97)(H,79,96)(H,80,99)(H,82,93)(H,83,92)(H,86,87)(H,88,89)/t36?,37-,38-,40+,42+,43+,44-,45+,46-,47-,48+,49?,54?,55-,56-/m0/s1. The number of amides is 11. The first kappa shape index (κ1) is 83.6. The summed E-state index contributed by atoms with van der Waals surface area (Å²) in [6.07, 6.45) is 0.172. The number of imidazole rings is 1. The minimum Gasteiger partial charge on any atom is -0.481 e. The summed E-state index contributed by atoms with van der Waals surface area (Å²) in [4.78, 5) is 207. The van der Waals surface area contributed by atoms with Gasteiger partial charge in [-0.15, -0.1) is 11.8 Å². The maximum Gasteiger partial charge on any atom is 0.305 e. The van der Waals surface area contributed by atoms with Crippen molar-refractivity contribution in [2.45, 2.75) is 225 Å². The minimum absolute atomic E-state index is 0.0450. The lowest BCUT2D eigenvalue weighted by molar-refractivity contribution is -0.142. The van der Waals surface area contributed by atoms with Gasteiger partial charge in [-0.25, -0.2) is 4.98 Å². The van der Waals surface area contributed by atoms with E-state index in [4.69, 9.17) is 17.2 Å². The van der Waals surface area contributed by atoms with Crippen LogP contribution in [0.5, 0.6) is 0 Å². The van der Waals surface area contributed by atoms with Crippen LogP contribution in [0.4, 0.5) is 0 Å². The monoisotopic (exact) mass is 1420 g/mol. The Bertz CT molecular complexity index is 3160. The lowest BCUT2D eigenvalue weighted by Crippen LogP contribution is -2.61. The van der Waals surface area contributed by atoms with E-state index in [1.807, 2.05) is 27.7 Å². The van der Waals surface area contributed by atoms with Gasteiger partial charge >= 0.3 is 11.9 Å². The summed E-state index contributed by atoms with van der Waals surface area (Å²) in [7, 11) is 0. The average molecular weight is 1420 g/mol. The number of thioether (sulfide) groups is 1. The number of carboxylic acids is 2. The maximum absolute atomic E-state index is 15.0. The number of aliphatic carboxylic acids is 2. The van der Waals surface area contributed by atoms with Crippen molar-refractivity contribution in [3.63, 3.8) is 0 Å². The van der Waals surface area contributed by atoms with Gasteiger partial charge in [-0.3, -0.25) is 72.1 Å². The number of nitrogens with zero attached hydrogens (tertiary/aromatic N) is 2. The molecule has 1 saturated heterocycles. The van der Waals surface area contributed by atoms with E-state index in [1.54, 1.807) is 58.0 Å². The third kappa shape index (κ3) is 27.7. The van der Waals surface area contributed by atoms with E-state index in [2.05, 4.69) is 68.1 Å². The van der Waals surface area contributed by atoms with Crippen LogP contribution < -0.4 is 70.4 Å². The predicted molar refractivity (Wildman–Crippen MR) is 370 cm³/mol. The number of carboxylic acid groups (broad SMARTS) is 2. The van der Waals surface area contributed by atoms with Gasteiger partial charge in [-0.1, -0.05) is 111 Å². The fourth-order valence-corrected chi connectivity index (χ4v) is 12.3. The van der Waals surface area contributed by atoms with Crippen molar-refractivity contribution >= 4 is 99.5 Å². The summed E-state index contributed by atoms with van der Waals surface area (Å²) < 4.78 is 0. The molecule has 1 aromatic heterocycles. The van der Waals surface area contributed by atoms with E-state index in [-0.39, 0.29) is 88.5 Å². The number of benzene rings is 1. The smallest absolute Gasteiger partial charge is 0.305 e. The molecule has 19 N–H and O–H groups in total. The number of nitrogens with one attached hydrogen (secondary N) is 11. The van der Waals surface area contributed by atoms with Crippen LogP contribution in [0, 0.1) is 29.6 Å². The van der Waals surface area contributed by atoms with Gasteiger partial charge in [0.05, 0.1) is 36.3 Å². The molecule has 2 aliphatic heterocycles. The molecule has 32 nitrogen and oxygen atoms in total. The second-order valence-corrected chi connectivity index (χ2v) is 27.3. The highest BCUT2D eigenvalue weighted by molar-refractivity contribution is 8.14. The molecule has 0 saturated carbocycles. The minimum atomic E-state index is -1.94. The number of H-pyrrole nitrogens is 1. The SMILES string of the molecule is CCC(C)C(N)C1=NC(C(=O)N[C@@H](CC(C)C)C(=O)N[C@H](CCC(=O)O)C(=O)N[C@H](C(=O)C[C@H]2CCCCNC(=O)[C@H](CC(N)=O)NC(=O)[C@@H](CC(=O)O)NC(=O)[C@H](Cc3cnc[nH]3)NC(=O)[C@@H](Cc3ccccc3)NC(=O)[C@H]([C@@H](C)CC)NC(=O)[C@@H](CCCN)NC2=O)[C@@H](C)CC)CS1. The summed E-state index contributed by atoms with van der Waals surface area (Å²) >= 11 is 1.35. The van der Waals surface area contributed by atoms with Crippen LogP contribution in [-0.4, -0.2) is 193 Å². The van der Waals surface area contributed by atoms with Crippen LogP contribution >= 0.6 is 11.8 Å². The molecule has 0 spiro atoms. The van der Waals surface area contributed by atoms with Crippen LogP contribution in [-0.2, 0) is 80.0 Å². The fourth-order valence-electron chi connectivity index (χ4n) is 11.2. The molecule has 3 heterocycles. The molecule has 15 atom stereocenters. The molecule has 1 aromatic carbocycles. The lowest BCUT2D eigenvalue weighted by atomic mass is 9.87. The Hall–Kier alpha value is -8.85. The number of rotatable bonds is 32. The molecular weight excluding hydrogens is 1320 g/mol. The van der Waals surface area contributed by atoms with Gasteiger partial charge < -0.3 is 85.6 Å². The van der Waals surface area contributed by atoms with Crippen LogP contribution in [0.25, 0.3) is 0 Å². The van der Waals surface area contributed by atoms with Crippen molar-refractivity contribution in [2.24, 2.45) is 51.8 Å². The maximum atomic E-state index is 15.0. The van der Waals surface area contributed by atoms with Gasteiger partial charge in [0.25, 0.3) is 0 Å². The number of hydrogen-bond donors (Lipinski definition) is 16. The lowest BCUT2D eigenvalue weighted by Gasteiger charge is -2.30. The summed E-state index contributed by atoms with van der Waals surface area (Å²) in [5.41, 5.74) is 18.7. The van der Waals surface area contributed by atoms with Crippen molar-refractivity contribution < 1.29 is 77.3 Å². The van der Waals surface area contributed by atoms with Gasteiger partial charge in [-0.2, -0.15) is 0 Å². The number of ketones is 1. The van der Waals surface area contributed by atoms with Crippen molar-refractivity contribution in [3.05, 3.63) is 54.1 Å². The Kier molecular flexibility index (Phi) is 35.3. The van der Waals surface area contributed by atoms with Crippen LogP contribution in [0.15, 0.2) is 47.8 Å². The zero-order valence-corrected chi connectivity index (χ0v) is 59.2. The molecule has 2 aliphatic rings. The van der Waals surface area contributed by atoms with Gasteiger partial charge in [0.1, 0.15) is 54.4 Å². The third-order valence-electron chi connectivity index (χ3n) is 17.8. The van der Waals surface area contributed by atoms with Crippen LogP contribution in [0.1, 0.15) is 157 Å². The molecule has 2 aromatic rings. The first-order chi connectivity index (χ1) is 47.4. The topological polar surface area (TPSA) is 519 Å². The van der Waals surface area contributed by atoms with Crippen molar-refractivity contribution in [3.8, 4) is 0 Å². The highest BCUT2D eigenvalue weighted by Gasteiger charge is 2.40. The molecular formula is C67H104N16O16S. The fraction of sp³-hybridized carbons (Fsp3) is 0.642. The Balaban J connectivity index is 1.77. The quantitative estimate of drug-likeness (QED) is 0.0435. The van der Waals surface area contributed by atoms with E-state index < -0.39 is 199 Å². The van der Waals surface area contributed by atoms with Crippen molar-refractivity contribution in [1.29, 1.82) is 0 Å². The normalized spacial score (nSPS) is 23.2. The average Bonchev–Trinajstić information content (AvgIpc) is 1.37. The first-order valence-electron chi connectivity index (χ1n) is 34.3. The number of nitrogens with two attached hydrogens (primary N) is 3. The predicted octanol–water partition coefficient (Wildman–Crippen LogP) is -0.587. The number of aromatic nitrogens is 2. The summed E-state index contributed by atoms with van der Waals surface area (Å²) in [6, 6.07) is -6.52. The summed E-state index contributed by atoms with van der Waals surface area (Å²) in [6.45, 7) is 14.3.